The average Bonchev–Trinajstić information content (AvgIpc) is 3.51. The molecule has 0 aliphatic heterocycles. The van der Waals surface area contributed by atoms with Gasteiger partial charge < -0.3 is 5.32 Å². The van der Waals surface area contributed by atoms with E-state index in [4.69, 9.17) is 23.2 Å². The molecule has 0 radical (unpaired) electrons. The number of pyridine rings is 1. The van der Waals surface area contributed by atoms with Crippen molar-refractivity contribution < 1.29 is 4.79 Å². The molecule has 1 amide bonds. The van der Waals surface area contributed by atoms with Gasteiger partial charge in [-0.15, -0.1) is 11.3 Å². The molecule has 1 aromatic carbocycles. The summed E-state index contributed by atoms with van der Waals surface area (Å²) in [5.74, 6) is 0.152. The summed E-state index contributed by atoms with van der Waals surface area (Å²) in [6.45, 7) is 2.37. The largest absolute Gasteiger partial charge is 0.307 e. The van der Waals surface area contributed by atoms with Crippen molar-refractivity contribution >= 4 is 73.2 Å². The van der Waals surface area contributed by atoms with Crippen molar-refractivity contribution in [3.8, 4) is 10.4 Å². The third-order valence-electron chi connectivity index (χ3n) is 5.21. The van der Waals surface area contributed by atoms with Gasteiger partial charge in [0, 0.05) is 32.9 Å². The Morgan fingerprint density at radius 2 is 2.06 bits per heavy atom. The maximum Gasteiger partial charge on any atom is 0.247 e. The summed E-state index contributed by atoms with van der Waals surface area (Å²) in [6, 6.07) is 11.4. The molecular weight excluding hydrogens is 559 g/mol. The molecule has 4 aromatic heterocycles. The smallest absolute Gasteiger partial charge is 0.247 e. The summed E-state index contributed by atoms with van der Waals surface area (Å²) in [6.07, 6.45) is 3.52. The molecule has 4 heterocycles. The normalized spacial score (nSPS) is 11.3. The van der Waals surface area contributed by atoms with Gasteiger partial charge in [-0.2, -0.15) is 10.2 Å². The monoisotopic (exact) mass is 574 g/mol. The number of fused-ring (bicyclic) bond motifs is 1. The molecule has 0 fully saturated rings. The van der Waals surface area contributed by atoms with Crippen LogP contribution in [0.25, 0.3) is 21.5 Å². The minimum Gasteiger partial charge on any atom is -0.307 e. The molecule has 1 N–H and O–H groups in total. The Kier molecular flexibility index (Phi) is 6.44. The summed E-state index contributed by atoms with van der Waals surface area (Å²) in [7, 11) is 0. The zero-order chi connectivity index (χ0) is 23.8. The maximum atomic E-state index is 12.9. The predicted octanol–water partition coefficient (Wildman–Crippen LogP) is 6.42. The van der Waals surface area contributed by atoms with Crippen LogP contribution in [0.4, 0.5) is 5.82 Å². The van der Waals surface area contributed by atoms with E-state index in [-0.39, 0.29) is 12.5 Å². The zero-order valence-corrected chi connectivity index (χ0v) is 21.7. The van der Waals surface area contributed by atoms with E-state index in [1.54, 1.807) is 45.2 Å². The van der Waals surface area contributed by atoms with Crippen LogP contribution in [0.2, 0.25) is 10.0 Å². The third kappa shape index (κ3) is 4.61. The van der Waals surface area contributed by atoms with Crippen LogP contribution in [0.3, 0.4) is 0 Å². The Bertz CT molecular complexity index is 1510. The first-order chi connectivity index (χ1) is 16.4. The minimum atomic E-state index is -0.261. The minimum absolute atomic E-state index is 0.00749. The summed E-state index contributed by atoms with van der Waals surface area (Å²) in [5.41, 5.74) is 3.42. The van der Waals surface area contributed by atoms with E-state index in [0.717, 1.165) is 27.1 Å². The van der Waals surface area contributed by atoms with Crippen molar-refractivity contribution in [1.29, 1.82) is 0 Å². The second kappa shape index (κ2) is 9.50. The number of benzene rings is 1. The van der Waals surface area contributed by atoms with Crippen molar-refractivity contribution in [1.82, 2.24) is 24.5 Å². The molecule has 0 unspecified atom stereocenters. The van der Waals surface area contributed by atoms with Gasteiger partial charge in [0.25, 0.3) is 0 Å². The van der Waals surface area contributed by atoms with Crippen LogP contribution in [-0.4, -0.2) is 30.5 Å². The number of nitrogens with zero attached hydrogens (tertiary/aromatic N) is 5. The number of amides is 1. The van der Waals surface area contributed by atoms with Gasteiger partial charge in [-0.3, -0.25) is 9.48 Å². The Labute approximate surface area is 217 Å². The van der Waals surface area contributed by atoms with Crippen LogP contribution in [0.5, 0.6) is 0 Å². The van der Waals surface area contributed by atoms with Crippen molar-refractivity contribution in [2.45, 2.75) is 20.0 Å². The van der Waals surface area contributed by atoms with E-state index in [1.807, 2.05) is 30.5 Å². The van der Waals surface area contributed by atoms with Gasteiger partial charge in [-0.1, -0.05) is 35.3 Å². The van der Waals surface area contributed by atoms with Crippen LogP contribution in [-0.2, 0) is 17.9 Å². The lowest BCUT2D eigenvalue weighted by Crippen LogP contribution is -2.20. The highest BCUT2D eigenvalue weighted by molar-refractivity contribution is 9.10. The van der Waals surface area contributed by atoms with Crippen LogP contribution in [0.15, 0.2) is 58.6 Å². The van der Waals surface area contributed by atoms with E-state index < -0.39 is 0 Å². The number of anilines is 1. The highest BCUT2D eigenvalue weighted by Gasteiger charge is 2.18. The van der Waals surface area contributed by atoms with Gasteiger partial charge >= 0.3 is 0 Å². The van der Waals surface area contributed by atoms with Crippen LogP contribution in [0, 0.1) is 6.92 Å². The van der Waals surface area contributed by atoms with E-state index in [0.29, 0.717) is 32.5 Å². The van der Waals surface area contributed by atoms with E-state index in [2.05, 4.69) is 42.5 Å². The number of hydrogen-bond donors (Lipinski definition) is 1. The maximum absolute atomic E-state index is 12.9. The first-order valence-corrected chi connectivity index (χ1v) is 12.6. The van der Waals surface area contributed by atoms with Crippen molar-refractivity contribution in [2.24, 2.45) is 0 Å². The van der Waals surface area contributed by atoms with Gasteiger partial charge in [-0.05, 0) is 58.1 Å². The van der Waals surface area contributed by atoms with E-state index in [1.165, 1.54) is 0 Å². The second-order valence-corrected chi connectivity index (χ2v) is 10.2. The number of hydrogen-bond acceptors (Lipinski definition) is 5. The Hall–Kier alpha value is -2.72. The van der Waals surface area contributed by atoms with Crippen LogP contribution < -0.4 is 5.32 Å². The van der Waals surface area contributed by atoms with E-state index in [9.17, 15) is 4.79 Å². The number of thiophene rings is 1. The molecule has 0 bridgehead atoms. The van der Waals surface area contributed by atoms with Crippen LogP contribution >= 0.6 is 50.5 Å². The quantitative estimate of drug-likeness (QED) is 0.253. The summed E-state index contributed by atoms with van der Waals surface area (Å²) < 4.78 is 3.97. The fourth-order valence-corrected chi connectivity index (χ4v) is 5.36. The fraction of sp³-hybridized carbons (Fsp3) is 0.130. The predicted molar refractivity (Wildman–Crippen MR) is 140 cm³/mol. The number of aromatic nitrogens is 5. The molecule has 0 aliphatic rings. The number of carbonyl (C=O) groups is 1. The van der Waals surface area contributed by atoms with Gasteiger partial charge in [-0.25, -0.2) is 9.67 Å². The second-order valence-electron chi connectivity index (χ2n) is 7.58. The standard InChI is InChI=1S/C23H17BrCl2N6OS/c1-13-21-16(19-3-2-8-34-19)6-7-27-23(21)32(29-13)12-20(33)28-22-17(24)11-31(30-22)10-14-4-5-15(25)9-18(14)26/h2-9,11H,10,12H2,1H3,(H,28,30,33). The zero-order valence-electron chi connectivity index (χ0n) is 17.8. The number of halogens is 3. The molecule has 5 rings (SSSR count). The van der Waals surface area contributed by atoms with Gasteiger partial charge in [0.05, 0.1) is 22.1 Å². The molecule has 5 aromatic rings. The third-order valence-corrected chi connectivity index (χ3v) is 7.28. The molecule has 7 nitrogen and oxygen atoms in total. The average molecular weight is 576 g/mol. The van der Waals surface area contributed by atoms with Crippen molar-refractivity contribution in [3.63, 3.8) is 0 Å². The topological polar surface area (TPSA) is 77.6 Å². The molecule has 172 valence electrons. The van der Waals surface area contributed by atoms with Gasteiger partial charge in [0.2, 0.25) is 5.91 Å². The lowest BCUT2D eigenvalue weighted by molar-refractivity contribution is -0.116. The summed E-state index contributed by atoms with van der Waals surface area (Å²) in [4.78, 5) is 18.5. The van der Waals surface area contributed by atoms with Crippen molar-refractivity contribution in [2.75, 3.05) is 5.32 Å². The van der Waals surface area contributed by atoms with E-state index >= 15 is 0 Å². The summed E-state index contributed by atoms with van der Waals surface area (Å²) >= 11 is 17.4. The lowest BCUT2D eigenvalue weighted by atomic mass is 10.1. The number of carbonyl (C=O) groups excluding carboxylic acids is 1. The first-order valence-electron chi connectivity index (χ1n) is 10.2. The fourth-order valence-electron chi connectivity index (χ4n) is 3.72. The Balaban J connectivity index is 1.35. The molecule has 0 saturated heterocycles. The molecule has 0 atom stereocenters. The Morgan fingerprint density at radius 1 is 1.21 bits per heavy atom. The lowest BCUT2D eigenvalue weighted by Gasteiger charge is -2.06. The molecule has 11 heteroatoms. The van der Waals surface area contributed by atoms with Crippen molar-refractivity contribution in [3.05, 3.63) is 79.9 Å². The number of aryl methyl sites for hydroxylation is 1. The number of rotatable bonds is 6. The molecule has 0 aliphatic carbocycles. The molecule has 34 heavy (non-hydrogen) atoms. The SMILES string of the molecule is Cc1nn(CC(=O)Nc2nn(Cc3ccc(Cl)cc3Cl)cc2Br)c2nccc(-c3cccs3)c12. The number of nitrogens with one attached hydrogen (secondary N) is 1. The van der Waals surface area contributed by atoms with Crippen LogP contribution in [0.1, 0.15) is 11.3 Å². The first kappa shape index (κ1) is 23.0. The highest BCUT2D eigenvalue weighted by Crippen LogP contribution is 2.32. The Morgan fingerprint density at radius 3 is 2.82 bits per heavy atom. The molecule has 0 saturated carbocycles. The van der Waals surface area contributed by atoms with Gasteiger partial charge in [0.15, 0.2) is 11.5 Å². The van der Waals surface area contributed by atoms with Gasteiger partial charge in [0.1, 0.15) is 6.54 Å². The molecule has 0 spiro atoms. The summed E-state index contributed by atoms with van der Waals surface area (Å²) in [5, 5.41) is 16.0. The highest BCUT2D eigenvalue weighted by atomic mass is 79.9. The molecular formula is C23H17BrCl2N6OS.